The number of rotatable bonds is 4. The van der Waals surface area contributed by atoms with Crippen LogP contribution in [-0.4, -0.2) is 0 Å². The first-order valence-electron chi connectivity index (χ1n) is 18.1. The second-order valence-electron chi connectivity index (χ2n) is 15.7. The number of benzene rings is 8. The Morgan fingerprint density at radius 3 is 1.54 bits per heavy atom. The van der Waals surface area contributed by atoms with Crippen molar-refractivity contribution in [3.05, 3.63) is 162 Å². The van der Waals surface area contributed by atoms with Crippen LogP contribution in [0.2, 0.25) is 0 Å². The van der Waals surface area contributed by atoms with Gasteiger partial charge in [-0.25, -0.2) is 0 Å². The standard InChI is InChI=1S/C49H43N/c1-32-28-44-45(49(4,5)27-26-48(44,2)3)31-46(32)50(47-30-35-15-7-9-17-38(35)40-19-12-13-21-42(40)47)36-24-22-33(23-25-36)43-29-34-14-6-8-16-37(34)39-18-10-11-20-41(39)43/h6-25,28-31H,26-27H2,1-5H3. The van der Waals surface area contributed by atoms with Gasteiger partial charge in [0.1, 0.15) is 0 Å². The molecule has 0 unspecified atom stereocenters. The molecule has 9 rings (SSSR count). The van der Waals surface area contributed by atoms with E-state index in [4.69, 9.17) is 0 Å². The zero-order valence-electron chi connectivity index (χ0n) is 29.7. The molecule has 0 radical (unpaired) electrons. The second-order valence-corrected chi connectivity index (χ2v) is 15.7. The monoisotopic (exact) mass is 645 g/mol. The van der Waals surface area contributed by atoms with Gasteiger partial charge >= 0.3 is 0 Å². The summed E-state index contributed by atoms with van der Waals surface area (Å²) < 4.78 is 0. The maximum Gasteiger partial charge on any atom is 0.0546 e. The molecule has 0 fully saturated rings. The van der Waals surface area contributed by atoms with Crippen molar-refractivity contribution in [2.45, 2.75) is 58.3 Å². The van der Waals surface area contributed by atoms with Crippen molar-refractivity contribution in [1.29, 1.82) is 0 Å². The van der Waals surface area contributed by atoms with Crippen LogP contribution < -0.4 is 4.90 Å². The van der Waals surface area contributed by atoms with E-state index >= 15 is 0 Å². The summed E-state index contributed by atoms with van der Waals surface area (Å²) in [5, 5.41) is 10.2. The average Bonchev–Trinajstić information content (AvgIpc) is 3.14. The minimum absolute atomic E-state index is 0.103. The van der Waals surface area contributed by atoms with Crippen LogP contribution in [0.4, 0.5) is 17.1 Å². The molecule has 1 aliphatic rings. The summed E-state index contributed by atoms with van der Waals surface area (Å²) in [5.74, 6) is 0. The van der Waals surface area contributed by atoms with Gasteiger partial charge in [-0.15, -0.1) is 0 Å². The lowest BCUT2D eigenvalue weighted by molar-refractivity contribution is 0.332. The van der Waals surface area contributed by atoms with E-state index in [-0.39, 0.29) is 10.8 Å². The minimum atomic E-state index is 0.103. The molecular weight excluding hydrogens is 603 g/mol. The van der Waals surface area contributed by atoms with Crippen LogP contribution in [0.15, 0.2) is 146 Å². The van der Waals surface area contributed by atoms with Crippen LogP contribution in [0.1, 0.15) is 57.2 Å². The number of fused-ring (bicyclic) bond motifs is 7. The number of hydrogen-bond acceptors (Lipinski definition) is 1. The highest BCUT2D eigenvalue weighted by molar-refractivity contribution is 6.15. The van der Waals surface area contributed by atoms with E-state index in [0.29, 0.717) is 0 Å². The van der Waals surface area contributed by atoms with Crippen molar-refractivity contribution in [3.63, 3.8) is 0 Å². The fourth-order valence-corrected chi connectivity index (χ4v) is 8.66. The van der Waals surface area contributed by atoms with E-state index in [1.165, 1.54) is 95.1 Å². The van der Waals surface area contributed by atoms with Gasteiger partial charge in [0.15, 0.2) is 0 Å². The van der Waals surface area contributed by atoms with Crippen molar-refractivity contribution in [2.75, 3.05) is 4.90 Å². The minimum Gasteiger partial charge on any atom is -0.310 e. The number of aryl methyl sites for hydroxylation is 1. The fraction of sp³-hybridized carbons (Fsp3) is 0.184. The highest BCUT2D eigenvalue weighted by atomic mass is 15.1. The molecule has 8 aromatic rings. The van der Waals surface area contributed by atoms with E-state index in [0.717, 1.165) is 5.69 Å². The molecule has 0 saturated carbocycles. The summed E-state index contributed by atoms with van der Waals surface area (Å²) >= 11 is 0. The Kier molecular flexibility index (Phi) is 6.94. The van der Waals surface area contributed by atoms with Gasteiger partial charge < -0.3 is 4.90 Å². The highest BCUT2D eigenvalue weighted by Crippen LogP contribution is 2.50. The molecule has 0 amide bonds. The fourth-order valence-electron chi connectivity index (χ4n) is 8.66. The van der Waals surface area contributed by atoms with Crippen molar-refractivity contribution < 1.29 is 0 Å². The predicted octanol–water partition coefficient (Wildman–Crippen LogP) is 14.1. The Labute approximate surface area is 295 Å². The first kappa shape index (κ1) is 30.6. The summed E-state index contributed by atoms with van der Waals surface area (Å²) in [6.07, 6.45) is 2.39. The SMILES string of the molecule is Cc1cc2c(cc1N(c1ccc(-c3cc4ccccc4c4ccccc34)cc1)c1cc3ccccc3c3ccccc13)C(C)(C)CCC2(C)C. The van der Waals surface area contributed by atoms with Crippen LogP contribution in [0.3, 0.4) is 0 Å². The smallest absolute Gasteiger partial charge is 0.0546 e. The van der Waals surface area contributed by atoms with Crippen molar-refractivity contribution in [2.24, 2.45) is 0 Å². The van der Waals surface area contributed by atoms with Crippen LogP contribution >= 0.6 is 0 Å². The Morgan fingerprint density at radius 2 is 0.920 bits per heavy atom. The molecule has 0 bridgehead atoms. The Morgan fingerprint density at radius 1 is 0.440 bits per heavy atom. The van der Waals surface area contributed by atoms with Gasteiger partial charge in [-0.3, -0.25) is 0 Å². The van der Waals surface area contributed by atoms with Gasteiger partial charge in [0.2, 0.25) is 0 Å². The first-order valence-corrected chi connectivity index (χ1v) is 18.1. The lowest BCUT2D eigenvalue weighted by Gasteiger charge is -2.43. The normalized spacial score (nSPS) is 15.1. The maximum absolute atomic E-state index is 2.53. The van der Waals surface area contributed by atoms with Gasteiger partial charge in [-0.05, 0) is 126 Å². The largest absolute Gasteiger partial charge is 0.310 e. The van der Waals surface area contributed by atoms with Crippen LogP contribution in [0, 0.1) is 6.92 Å². The van der Waals surface area contributed by atoms with Gasteiger partial charge in [-0.2, -0.15) is 0 Å². The quantitative estimate of drug-likeness (QED) is 0.172. The average molecular weight is 646 g/mol. The molecule has 0 saturated heterocycles. The van der Waals surface area contributed by atoms with Gasteiger partial charge in [0.05, 0.1) is 5.69 Å². The Bertz CT molecular complexity index is 2600. The molecule has 244 valence electrons. The number of anilines is 3. The maximum atomic E-state index is 2.53. The Balaban J connectivity index is 1.29. The van der Waals surface area contributed by atoms with E-state index < -0.39 is 0 Å². The number of hydrogen-bond donors (Lipinski definition) is 0. The molecular formula is C49H43N. The first-order chi connectivity index (χ1) is 24.2. The Hall–Kier alpha value is -5.40. The van der Waals surface area contributed by atoms with E-state index in [1.807, 2.05) is 0 Å². The summed E-state index contributed by atoms with van der Waals surface area (Å²) in [6.45, 7) is 12.0. The van der Waals surface area contributed by atoms with E-state index in [2.05, 4.69) is 185 Å². The highest BCUT2D eigenvalue weighted by Gasteiger charge is 2.38. The van der Waals surface area contributed by atoms with Gasteiger partial charge in [0, 0.05) is 16.8 Å². The third kappa shape index (κ3) is 4.83. The summed E-state index contributed by atoms with van der Waals surface area (Å²) in [4.78, 5) is 2.53. The van der Waals surface area contributed by atoms with Crippen molar-refractivity contribution in [3.8, 4) is 11.1 Å². The molecule has 0 aliphatic heterocycles. The molecule has 8 aromatic carbocycles. The zero-order chi connectivity index (χ0) is 34.2. The third-order valence-electron chi connectivity index (χ3n) is 11.6. The predicted molar refractivity (Wildman–Crippen MR) is 217 cm³/mol. The lowest BCUT2D eigenvalue weighted by atomic mass is 9.63. The molecule has 0 spiro atoms. The molecule has 1 nitrogen and oxygen atoms in total. The van der Waals surface area contributed by atoms with Gasteiger partial charge in [0.25, 0.3) is 0 Å². The molecule has 0 heterocycles. The summed E-state index contributed by atoms with van der Waals surface area (Å²) in [7, 11) is 0. The summed E-state index contributed by atoms with van der Waals surface area (Å²) in [6, 6.07) is 54.4. The van der Waals surface area contributed by atoms with Gasteiger partial charge in [-0.1, -0.05) is 143 Å². The second kappa shape index (κ2) is 11.3. The van der Waals surface area contributed by atoms with E-state index in [1.54, 1.807) is 0 Å². The third-order valence-corrected chi connectivity index (χ3v) is 11.6. The lowest BCUT2D eigenvalue weighted by Crippen LogP contribution is -2.34. The topological polar surface area (TPSA) is 3.24 Å². The van der Waals surface area contributed by atoms with Crippen LogP contribution in [0.5, 0.6) is 0 Å². The molecule has 0 N–H and O–H groups in total. The van der Waals surface area contributed by atoms with Crippen molar-refractivity contribution in [1.82, 2.24) is 0 Å². The van der Waals surface area contributed by atoms with E-state index in [9.17, 15) is 0 Å². The van der Waals surface area contributed by atoms with Crippen LogP contribution in [-0.2, 0) is 10.8 Å². The zero-order valence-corrected chi connectivity index (χ0v) is 29.7. The molecule has 0 atom stereocenters. The van der Waals surface area contributed by atoms with Crippen LogP contribution in [0.25, 0.3) is 54.2 Å². The molecule has 0 aromatic heterocycles. The van der Waals surface area contributed by atoms with Crippen molar-refractivity contribution >= 4 is 60.2 Å². The molecule has 50 heavy (non-hydrogen) atoms. The molecule has 1 heteroatoms. The number of nitrogens with zero attached hydrogens (tertiary/aromatic N) is 1. The summed E-state index contributed by atoms with van der Waals surface area (Å²) in [5.41, 5.74) is 10.6. The molecule has 1 aliphatic carbocycles.